The Morgan fingerprint density at radius 2 is 1.74 bits per heavy atom. The molecule has 0 fully saturated rings. The zero-order valence-corrected chi connectivity index (χ0v) is 19.9. The second kappa shape index (κ2) is 12.8. The fourth-order valence-electron chi connectivity index (χ4n) is 3.02. The van der Waals surface area contributed by atoms with Gasteiger partial charge in [-0.1, -0.05) is 61.1 Å². The van der Waals surface area contributed by atoms with Crippen LogP contribution in [0.1, 0.15) is 38.7 Å². The van der Waals surface area contributed by atoms with Crippen molar-refractivity contribution in [3.63, 3.8) is 0 Å². The van der Waals surface area contributed by atoms with Crippen LogP contribution in [0, 0.1) is 0 Å². The molecular formula is C23H27Cl3N2O3. The highest BCUT2D eigenvalue weighted by molar-refractivity contribution is 6.42. The van der Waals surface area contributed by atoms with Crippen LogP contribution in [0.25, 0.3) is 0 Å². The van der Waals surface area contributed by atoms with E-state index in [1.54, 1.807) is 42.5 Å². The summed E-state index contributed by atoms with van der Waals surface area (Å²) in [6.45, 7) is 4.50. The van der Waals surface area contributed by atoms with E-state index < -0.39 is 6.04 Å². The molecule has 0 heterocycles. The Balaban J connectivity index is 2.19. The SMILES string of the molecule is CCCCNC(=O)C(CC)N(Cc1ccc(Cl)c(Cl)c1)C(=O)COc1ccc(Cl)cc1. The molecule has 0 radical (unpaired) electrons. The molecule has 2 aromatic carbocycles. The Morgan fingerprint density at radius 3 is 2.35 bits per heavy atom. The fraction of sp³-hybridized carbons (Fsp3) is 0.391. The van der Waals surface area contributed by atoms with Gasteiger partial charge in [-0.3, -0.25) is 9.59 Å². The van der Waals surface area contributed by atoms with E-state index in [9.17, 15) is 9.59 Å². The molecule has 0 aliphatic heterocycles. The first-order chi connectivity index (χ1) is 14.8. The van der Waals surface area contributed by atoms with E-state index in [-0.39, 0.29) is 25.0 Å². The predicted octanol–water partition coefficient (Wildman–Crippen LogP) is 5.75. The third kappa shape index (κ3) is 7.91. The van der Waals surface area contributed by atoms with E-state index >= 15 is 0 Å². The van der Waals surface area contributed by atoms with E-state index in [4.69, 9.17) is 39.5 Å². The highest BCUT2D eigenvalue weighted by Gasteiger charge is 2.29. The van der Waals surface area contributed by atoms with Gasteiger partial charge in [0.1, 0.15) is 11.8 Å². The van der Waals surface area contributed by atoms with Gasteiger partial charge < -0.3 is 15.0 Å². The molecule has 5 nitrogen and oxygen atoms in total. The van der Waals surface area contributed by atoms with Gasteiger partial charge in [-0.25, -0.2) is 0 Å². The molecule has 1 N–H and O–H groups in total. The minimum absolute atomic E-state index is 0.184. The van der Waals surface area contributed by atoms with Crippen molar-refractivity contribution in [2.24, 2.45) is 0 Å². The van der Waals surface area contributed by atoms with Crippen molar-refractivity contribution in [3.05, 3.63) is 63.1 Å². The molecule has 0 spiro atoms. The van der Waals surface area contributed by atoms with Crippen LogP contribution in [-0.2, 0) is 16.1 Å². The third-order valence-corrected chi connectivity index (χ3v) is 5.72. The van der Waals surface area contributed by atoms with E-state index in [0.717, 1.165) is 18.4 Å². The van der Waals surface area contributed by atoms with Crippen molar-refractivity contribution in [2.75, 3.05) is 13.2 Å². The van der Waals surface area contributed by atoms with Crippen LogP contribution in [-0.4, -0.2) is 35.9 Å². The lowest BCUT2D eigenvalue weighted by atomic mass is 10.1. The van der Waals surface area contributed by atoms with Crippen LogP contribution in [0.4, 0.5) is 0 Å². The van der Waals surface area contributed by atoms with Gasteiger partial charge in [0.05, 0.1) is 10.0 Å². The molecule has 1 unspecified atom stereocenters. The van der Waals surface area contributed by atoms with Crippen LogP contribution in [0.15, 0.2) is 42.5 Å². The summed E-state index contributed by atoms with van der Waals surface area (Å²) in [6, 6.07) is 11.3. The summed E-state index contributed by atoms with van der Waals surface area (Å²) in [5.41, 5.74) is 0.772. The normalized spacial score (nSPS) is 11.6. The van der Waals surface area contributed by atoms with Crippen molar-refractivity contribution < 1.29 is 14.3 Å². The first kappa shape index (κ1) is 25.3. The molecule has 0 bridgehead atoms. The van der Waals surface area contributed by atoms with Gasteiger partial charge in [0.15, 0.2) is 6.61 Å². The first-order valence-electron chi connectivity index (χ1n) is 10.2. The van der Waals surface area contributed by atoms with Gasteiger partial charge in [0, 0.05) is 18.1 Å². The number of unbranched alkanes of at least 4 members (excludes halogenated alkanes) is 1. The average molecular weight is 486 g/mol. The number of rotatable bonds is 11. The number of nitrogens with zero attached hydrogens (tertiary/aromatic N) is 1. The number of amides is 2. The van der Waals surface area contributed by atoms with Crippen LogP contribution in [0.3, 0.4) is 0 Å². The molecule has 1 atom stereocenters. The first-order valence-corrected chi connectivity index (χ1v) is 11.4. The van der Waals surface area contributed by atoms with Crippen molar-refractivity contribution in [1.82, 2.24) is 10.2 Å². The van der Waals surface area contributed by atoms with Gasteiger partial charge in [-0.15, -0.1) is 0 Å². The van der Waals surface area contributed by atoms with E-state index in [1.807, 2.05) is 6.92 Å². The molecule has 0 aliphatic rings. The van der Waals surface area contributed by atoms with Gasteiger partial charge in [0.25, 0.3) is 5.91 Å². The summed E-state index contributed by atoms with van der Waals surface area (Å²) in [6.07, 6.45) is 2.31. The maximum Gasteiger partial charge on any atom is 0.261 e. The van der Waals surface area contributed by atoms with Crippen molar-refractivity contribution >= 4 is 46.6 Å². The zero-order chi connectivity index (χ0) is 22.8. The molecule has 2 aromatic rings. The summed E-state index contributed by atoms with van der Waals surface area (Å²) >= 11 is 18.0. The smallest absolute Gasteiger partial charge is 0.261 e. The molecule has 0 saturated carbocycles. The Morgan fingerprint density at radius 1 is 1.03 bits per heavy atom. The number of nitrogens with one attached hydrogen (secondary N) is 1. The molecule has 2 amide bonds. The summed E-state index contributed by atoms with van der Waals surface area (Å²) in [4.78, 5) is 27.4. The maximum atomic E-state index is 13.1. The molecule has 0 saturated heterocycles. The number of carbonyl (C=O) groups excluding carboxylic acids is 2. The van der Waals surface area contributed by atoms with Crippen LogP contribution < -0.4 is 10.1 Å². The molecule has 31 heavy (non-hydrogen) atoms. The number of benzene rings is 2. The number of halogens is 3. The quantitative estimate of drug-likeness (QED) is 0.412. The monoisotopic (exact) mass is 484 g/mol. The largest absolute Gasteiger partial charge is 0.484 e. The molecule has 0 aliphatic carbocycles. The molecule has 8 heteroatoms. The average Bonchev–Trinajstić information content (AvgIpc) is 2.75. The minimum atomic E-state index is -0.632. The third-order valence-electron chi connectivity index (χ3n) is 4.73. The van der Waals surface area contributed by atoms with Crippen LogP contribution in [0.2, 0.25) is 15.1 Å². The van der Waals surface area contributed by atoms with Crippen molar-refractivity contribution in [2.45, 2.75) is 45.7 Å². The Labute approximate surface area is 198 Å². The Bertz CT molecular complexity index is 875. The number of hydrogen-bond acceptors (Lipinski definition) is 3. The number of ether oxygens (including phenoxy) is 1. The second-order valence-electron chi connectivity index (χ2n) is 7.08. The Kier molecular flexibility index (Phi) is 10.4. The van der Waals surface area contributed by atoms with Gasteiger partial charge >= 0.3 is 0 Å². The minimum Gasteiger partial charge on any atom is -0.484 e. The summed E-state index contributed by atoms with van der Waals surface area (Å²) in [5, 5.41) is 4.32. The van der Waals surface area contributed by atoms with Crippen LogP contribution >= 0.6 is 34.8 Å². The highest BCUT2D eigenvalue weighted by atomic mass is 35.5. The van der Waals surface area contributed by atoms with Crippen LogP contribution in [0.5, 0.6) is 5.75 Å². The summed E-state index contributed by atoms with van der Waals surface area (Å²) in [7, 11) is 0. The standard InChI is InChI=1S/C23H27Cl3N2O3/c1-3-5-12-27-23(30)21(4-2)28(14-16-6-11-19(25)20(26)13-16)22(29)15-31-18-9-7-17(24)8-10-18/h6-11,13,21H,3-5,12,14-15H2,1-2H3,(H,27,30). The number of carbonyl (C=O) groups is 2. The van der Waals surface area contributed by atoms with E-state index in [2.05, 4.69) is 12.2 Å². The predicted molar refractivity (Wildman–Crippen MR) is 126 cm³/mol. The van der Waals surface area contributed by atoms with Gasteiger partial charge in [0.2, 0.25) is 5.91 Å². The van der Waals surface area contributed by atoms with Crippen molar-refractivity contribution in [1.29, 1.82) is 0 Å². The lowest BCUT2D eigenvalue weighted by Crippen LogP contribution is -2.50. The number of hydrogen-bond donors (Lipinski definition) is 1. The van der Waals surface area contributed by atoms with E-state index in [0.29, 0.717) is 33.8 Å². The Hall–Kier alpha value is -1.95. The second-order valence-corrected chi connectivity index (χ2v) is 8.33. The van der Waals surface area contributed by atoms with Gasteiger partial charge in [-0.2, -0.15) is 0 Å². The van der Waals surface area contributed by atoms with Crippen molar-refractivity contribution in [3.8, 4) is 5.75 Å². The van der Waals surface area contributed by atoms with Gasteiger partial charge in [-0.05, 0) is 54.8 Å². The molecule has 168 valence electrons. The summed E-state index contributed by atoms with van der Waals surface area (Å²) in [5.74, 6) is 0.0297. The lowest BCUT2D eigenvalue weighted by Gasteiger charge is -2.30. The lowest BCUT2D eigenvalue weighted by molar-refractivity contribution is -0.143. The molecule has 0 aromatic heterocycles. The highest BCUT2D eigenvalue weighted by Crippen LogP contribution is 2.24. The molecule has 2 rings (SSSR count). The topological polar surface area (TPSA) is 58.6 Å². The maximum absolute atomic E-state index is 13.1. The summed E-state index contributed by atoms with van der Waals surface area (Å²) < 4.78 is 5.63. The van der Waals surface area contributed by atoms with E-state index in [1.165, 1.54) is 4.90 Å². The molecular weight excluding hydrogens is 459 g/mol. The zero-order valence-electron chi connectivity index (χ0n) is 17.7. The fourth-order valence-corrected chi connectivity index (χ4v) is 3.47.